The minimum absolute atomic E-state index is 0.00691. The quantitative estimate of drug-likeness (QED) is 0.0372. The number of hydrogen-bond acceptors (Lipinski definition) is 14. The third-order valence-corrected chi connectivity index (χ3v) is 17.7. The number of para-hydroxylation sites is 1. The molecule has 16 nitrogen and oxygen atoms in total. The standard InChI is InChI=1S/C58H82N2O14Si/c1-54(2,3)50(64)69-36-43-45(72-51(65)55(4,5)6)46(73-52(66)56(7,8)9)47(74-53(67)57(10,11)12)49(71-43)60(37-61)42(33-25-26-34-44(62)68-16)48(63)59-41-32-24-23-27-38(41)35-70-75(58(13,14)15,39-28-19-17-20-29-39)40-30-21-18-22-31-40/h17-24,27-32,37,42-43,45-47,49H,25-26,33-36H2,1-16H3,(H,59,63)/t42-,43-,45+,46+,47-,49-/m1/s1. The molecule has 1 N–H and O–H groups in total. The largest absolute Gasteiger partial charge is 0.469 e. The maximum absolute atomic E-state index is 15.3. The summed E-state index contributed by atoms with van der Waals surface area (Å²) >= 11 is 0. The predicted molar refractivity (Wildman–Crippen MR) is 287 cm³/mol. The van der Waals surface area contributed by atoms with Crippen LogP contribution in [0.3, 0.4) is 0 Å². The maximum atomic E-state index is 15.3. The maximum Gasteiger partial charge on any atom is 0.311 e. The number of amides is 2. The summed E-state index contributed by atoms with van der Waals surface area (Å²) < 4.78 is 43.3. The van der Waals surface area contributed by atoms with E-state index in [1.807, 2.05) is 48.5 Å². The van der Waals surface area contributed by atoms with E-state index in [0.29, 0.717) is 17.7 Å². The van der Waals surface area contributed by atoms with Crippen molar-refractivity contribution in [3.8, 4) is 0 Å². The number of benzene rings is 3. The summed E-state index contributed by atoms with van der Waals surface area (Å²) in [4.78, 5) is 98.1. The third kappa shape index (κ3) is 16.1. The van der Waals surface area contributed by atoms with Gasteiger partial charge in [-0.05, 0) is 117 Å². The van der Waals surface area contributed by atoms with E-state index in [0.717, 1.165) is 15.3 Å². The van der Waals surface area contributed by atoms with Gasteiger partial charge in [-0.25, -0.2) is 0 Å². The molecular weight excluding hydrogens is 977 g/mol. The first-order valence-corrected chi connectivity index (χ1v) is 27.6. The molecule has 0 bridgehead atoms. The smallest absolute Gasteiger partial charge is 0.311 e. The van der Waals surface area contributed by atoms with Crippen LogP contribution in [0, 0.1) is 21.7 Å². The first-order chi connectivity index (χ1) is 34.8. The zero-order valence-corrected chi connectivity index (χ0v) is 48.0. The third-order valence-electron chi connectivity index (χ3n) is 12.7. The van der Waals surface area contributed by atoms with Gasteiger partial charge in [-0.2, -0.15) is 0 Å². The molecule has 6 atom stereocenters. The number of ether oxygens (including phenoxy) is 6. The Labute approximate surface area is 445 Å². The zero-order valence-electron chi connectivity index (χ0n) is 47.0. The van der Waals surface area contributed by atoms with Crippen LogP contribution in [-0.2, 0) is 73.0 Å². The molecule has 412 valence electrons. The van der Waals surface area contributed by atoms with Crippen molar-refractivity contribution < 1.29 is 66.4 Å². The second-order valence-corrected chi connectivity index (χ2v) is 28.6. The van der Waals surface area contributed by atoms with Crippen LogP contribution in [0.4, 0.5) is 5.69 Å². The highest BCUT2D eigenvalue weighted by Crippen LogP contribution is 2.39. The Bertz CT molecular complexity index is 2390. The fourth-order valence-corrected chi connectivity index (χ4v) is 12.8. The van der Waals surface area contributed by atoms with Gasteiger partial charge in [0, 0.05) is 17.7 Å². The number of anilines is 1. The average molecular weight is 1060 g/mol. The number of carbonyl (C=O) groups excluding carboxylic acids is 7. The van der Waals surface area contributed by atoms with E-state index >= 15 is 4.79 Å². The number of unbranched alkanes of at least 4 members (excludes halogenated alkanes) is 1. The van der Waals surface area contributed by atoms with Gasteiger partial charge < -0.3 is 43.1 Å². The van der Waals surface area contributed by atoms with Crippen molar-refractivity contribution in [3.63, 3.8) is 0 Å². The fourth-order valence-electron chi connectivity index (χ4n) is 8.31. The molecule has 0 aliphatic carbocycles. The summed E-state index contributed by atoms with van der Waals surface area (Å²) in [5.74, 6) is -4.18. The Kier molecular flexibility index (Phi) is 20.8. The first kappa shape index (κ1) is 61.6. The summed E-state index contributed by atoms with van der Waals surface area (Å²) in [5.41, 5.74) is -3.47. The monoisotopic (exact) mass is 1060 g/mol. The van der Waals surface area contributed by atoms with Crippen LogP contribution >= 0.6 is 0 Å². The Balaban J connectivity index is 1.93. The van der Waals surface area contributed by atoms with Crippen LogP contribution in [0.5, 0.6) is 0 Å². The minimum Gasteiger partial charge on any atom is -0.469 e. The highest BCUT2D eigenvalue weighted by molar-refractivity contribution is 6.99. The Hall–Kier alpha value is -5.91. The SMILES string of the molecule is COC(=O)CCCC[C@H](C(=O)Nc1ccccc1CO[Si](c1ccccc1)(c1ccccc1)C(C)(C)C)N(C=O)[C@@H]1O[C@H](COC(=O)C(C)(C)C)[C@H](OC(=O)C(C)(C)C)[C@H](OC(=O)C(C)(C)C)[C@H]1OC(=O)C(C)(C)C. The van der Waals surface area contributed by atoms with Crippen LogP contribution in [0.1, 0.15) is 135 Å². The predicted octanol–water partition coefficient (Wildman–Crippen LogP) is 8.45. The number of carbonyl (C=O) groups is 7. The van der Waals surface area contributed by atoms with Crippen molar-refractivity contribution in [1.29, 1.82) is 0 Å². The van der Waals surface area contributed by atoms with Gasteiger partial charge in [-0.1, -0.05) is 106 Å². The number of nitrogens with zero attached hydrogens (tertiary/aromatic N) is 1. The summed E-state index contributed by atoms with van der Waals surface area (Å²) in [7, 11) is -1.81. The van der Waals surface area contributed by atoms with E-state index in [9.17, 15) is 28.8 Å². The van der Waals surface area contributed by atoms with Crippen molar-refractivity contribution in [2.75, 3.05) is 19.0 Å². The lowest BCUT2D eigenvalue weighted by molar-refractivity contribution is -0.282. The molecule has 0 saturated carbocycles. The van der Waals surface area contributed by atoms with E-state index in [2.05, 4.69) is 50.4 Å². The molecule has 1 aliphatic heterocycles. The molecule has 1 aliphatic rings. The van der Waals surface area contributed by atoms with Crippen LogP contribution in [0.2, 0.25) is 5.04 Å². The molecule has 0 spiro atoms. The Morgan fingerprint density at radius 3 is 1.56 bits per heavy atom. The summed E-state index contributed by atoms with van der Waals surface area (Å²) in [6.07, 6.45) is -7.50. The van der Waals surface area contributed by atoms with E-state index in [-0.39, 0.29) is 37.3 Å². The number of hydrogen-bond donors (Lipinski definition) is 1. The van der Waals surface area contributed by atoms with Crippen LogP contribution in [0.25, 0.3) is 0 Å². The average Bonchev–Trinajstić information content (AvgIpc) is 3.32. The molecule has 1 fully saturated rings. The van der Waals surface area contributed by atoms with E-state index in [1.165, 1.54) is 7.11 Å². The van der Waals surface area contributed by atoms with E-state index in [1.54, 1.807) is 95.2 Å². The summed E-state index contributed by atoms with van der Waals surface area (Å²) in [5, 5.41) is 4.80. The molecule has 0 radical (unpaired) electrons. The normalized spacial score (nSPS) is 18.9. The van der Waals surface area contributed by atoms with Gasteiger partial charge in [0.25, 0.3) is 8.32 Å². The molecule has 1 heterocycles. The molecule has 0 unspecified atom stereocenters. The number of nitrogens with one attached hydrogen (secondary N) is 1. The number of esters is 5. The van der Waals surface area contributed by atoms with Gasteiger partial charge >= 0.3 is 29.8 Å². The van der Waals surface area contributed by atoms with Gasteiger partial charge in [-0.15, -0.1) is 0 Å². The van der Waals surface area contributed by atoms with E-state index < -0.39 is 109 Å². The van der Waals surface area contributed by atoms with Crippen molar-refractivity contribution in [2.45, 2.75) is 178 Å². The highest BCUT2D eigenvalue weighted by atomic mass is 28.4. The molecule has 3 aromatic rings. The van der Waals surface area contributed by atoms with Crippen molar-refractivity contribution in [1.82, 2.24) is 4.90 Å². The Morgan fingerprint density at radius 1 is 0.627 bits per heavy atom. The van der Waals surface area contributed by atoms with Crippen molar-refractivity contribution >= 4 is 66.5 Å². The Morgan fingerprint density at radius 2 is 1.09 bits per heavy atom. The fraction of sp³-hybridized carbons (Fsp3) is 0.569. The summed E-state index contributed by atoms with van der Waals surface area (Å²) in [6, 6.07) is 26.0. The molecule has 4 rings (SSSR count). The lowest BCUT2D eigenvalue weighted by Gasteiger charge is -2.49. The lowest BCUT2D eigenvalue weighted by Crippen LogP contribution is -2.68. The van der Waals surface area contributed by atoms with Crippen LogP contribution < -0.4 is 15.7 Å². The minimum atomic E-state index is -3.08. The van der Waals surface area contributed by atoms with Gasteiger partial charge in [-0.3, -0.25) is 33.6 Å². The molecule has 75 heavy (non-hydrogen) atoms. The van der Waals surface area contributed by atoms with Crippen LogP contribution in [0.15, 0.2) is 84.9 Å². The highest BCUT2D eigenvalue weighted by Gasteiger charge is 2.57. The second-order valence-electron chi connectivity index (χ2n) is 24.3. The number of methoxy groups -OCH3 is 1. The molecule has 1 saturated heterocycles. The van der Waals surface area contributed by atoms with Gasteiger partial charge in [0.15, 0.2) is 24.5 Å². The molecule has 3 aromatic carbocycles. The lowest BCUT2D eigenvalue weighted by atomic mass is 9.91. The van der Waals surface area contributed by atoms with Crippen molar-refractivity contribution in [2.24, 2.45) is 21.7 Å². The molecular formula is C58H82N2O14Si. The topological polar surface area (TPSA) is 199 Å². The second kappa shape index (κ2) is 25.3. The number of rotatable bonds is 20. The van der Waals surface area contributed by atoms with E-state index in [4.69, 9.17) is 32.8 Å². The van der Waals surface area contributed by atoms with Gasteiger partial charge in [0.05, 0.1) is 35.4 Å². The summed E-state index contributed by atoms with van der Waals surface area (Å²) in [6.45, 7) is 25.3. The van der Waals surface area contributed by atoms with Crippen LogP contribution in [-0.4, -0.2) is 106 Å². The molecule has 0 aromatic heterocycles. The zero-order chi connectivity index (χ0) is 56.3. The first-order valence-electron chi connectivity index (χ1n) is 25.7. The molecule has 2 amide bonds. The van der Waals surface area contributed by atoms with Gasteiger partial charge in [0.2, 0.25) is 12.3 Å². The van der Waals surface area contributed by atoms with Gasteiger partial charge in [0.1, 0.15) is 18.8 Å². The van der Waals surface area contributed by atoms with Crippen molar-refractivity contribution in [3.05, 3.63) is 90.5 Å². The molecule has 17 heteroatoms.